The van der Waals surface area contributed by atoms with Crippen molar-refractivity contribution in [2.75, 3.05) is 0 Å². The van der Waals surface area contributed by atoms with Gasteiger partial charge in [-0.05, 0) is 73.0 Å². The van der Waals surface area contributed by atoms with Crippen LogP contribution in [0.4, 0.5) is 4.39 Å². The lowest BCUT2D eigenvalue weighted by Crippen LogP contribution is -2.32. The molecule has 0 bridgehead atoms. The van der Waals surface area contributed by atoms with E-state index in [-0.39, 0.29) is 17.3 Å². The number of fused-ring (bicyclic) bond motifs is 1. The molecule has 3 aliphatic carbocycles. The van der Waals surface area contributed by atoms with Crippen molar-refractivity contribution in [2.24, 2.45) is 22.7 Å². The summed E-state index contributed by atoms with van der Waals surface area (Å²) in [5.74, 6) is 0.970. The highest BCUT2D eigenvalue weighted by molar-refractivity contribution is 5.96. The molecule has 0 aliphatic heterocycles. The maximum atomic E-state index is 14.1. The monoisotopic (exact) mass is 439 g/mol. The second kappa shape index (κ2) is 9.63. The Morgan fingerprint density at radius 1 is 1.38 bits per heavy atom. The maximum Gasteiger partial charge on any atom is 0.127 e. The molecule has 0 aromatic carbocycles. The van der Waals surface area contributed by atoms with E-state index < -0.39 is 12.3 Å². The molecule has 5 atom stereocenters. The van der Waals surface area contributed by atoms with E-state index in [2.05, 4.69) is 59.4 Å². The van der Waals surface area contributed by atoms with Crippen molar-refractivity contribution in [1.29, 1.82) is 5.41 Å². The summed E-state index contributed by atoms with van der Waals surface area (Å²) in [4.78, 5) is 0. The fourth-order valence-corrected chi connectivity index (χ4v) is 5.82. The number of hydrogen-bond donors (Lipinski definition) is 2. The average Bonchev–Trinajstić information content (AvgIpc) is 3.06. The summed E-state index contributed by atoms with van der Waals surface area (Å²) < 4.78 is 14.1. The normalized spacial score (nSPS) is 34.8. The standard InChI is InChI=1S/C29H42FNO/c1-19(9-7-11-27(31)28(3,4)5)24-14-15-25-21(10-8-16-29(24,25)6)12-13-22-17-23(32)18-26(30)20(22)2/h7,11-14,19,23,25-26,31-32H,2,8-10,15-18H2,1,3-6H3/b11-7+,21-12+,22-13-,31-27?/t19-,23-,25+,26+,29-/m1/s1. The van der Waals surface area contributed by atoms with E-state index in [9.17, 15) is 9.50 Å². The molecule has 176 valence electrons. The Labute approximate surface area is 194 Å². The van der Waals surface area contributed by atoms with Crippen molar-refractivity contribution in [3.05, 3.63) is 59.3 Å². The highest BCUT2D eigenvalue weighted by atomic mass is 19.1. The Hall–Kier alpha value is -1.74. The van der Waals surface area contributed by atoms with Gasteiger partial charge in [0.15, 0.2) is 0 Å². The van der Waals surface area contributed by atoms with Crippen molar-refractivity contribution in [1.82, 2.24) is 0 Å². The first-order valence-corrected chi connectivity index (χ1v) is 12.3. The Bertz CT molecular complexity index is 868. The average molecular weight is 440 g/mol. The summed E-state index contributed by atoms with van der Waals surface area (Å²) in [6, 6.07) is 0. The molecule has 3 aliphatic rings. The molecule has 2 nitrogen and oxygen atoms in total. The molecule has 0 aromatic heterocycles. The van der Waals surface area contributed by atoms with E-state index in [1.807, 2.05) is 12.2 Å². The molecular weight excluding hydrogens is 397 g/mol. The third kappa shape index (κ3) is 5.25. The first-order valence-electron chi connectivity index (χ1n) is 12.3. The van der Waals surface area contributed by atoms with Gasteiger partial charge >= 0.3 is 0 Å². The number of nitrogens with one attached hydrogen (secondary N) is 1. The van der Waals surface area contributed by atoms with E-state index in [4.69, 9.17) is 5.41 Å². The number of aliphatic hydroxyl groups excluding tert-OH is 1. The van der Waals surface area contributed by atoms with Crippen LogP contribution in [0.2, 0.25) is 0 Å². The van der Waals surface area contributed by atoms with Crippen molar-refractivity contribution in [3.63, 3.8) is 0 Å². The zero-order valence-corrected chi connectivity index (χ0v) is 20.7. The van der Waals surface area contributed by atoms with E-state index in [0.29, 0.717) is 29.5 Å². The lowest BCUT2D eigenvalue weighted by molar-refractivity contribution is 0.124. The first kappa shape index (κ1) is 24.9. The van der Waals surface area contributed by atoms with E-state index >= 15 is 0 Å². The minimum atomic E-state index is -1.13. The number of aliphatic hydroxyl groups is 1. The first-order chi connectivity index (χ1) is 14.9. The molecule has 2 N–H and O–H groups in total. The number of halogens is 1. The van der Waals surface area contributed by atoms with E-state index in [0.717, 1.165) is 24.8 Å². The zero-order valence-electron chi connectivity index (χ0n) is 20.7. The molecule has 0 aromatic rings. The Morgan fingerprint density at radius 2 is 2.09 bits per heavy atom. The minimum Gasteiger partial charge on any atom is -0.393 e. The van der Waals surface area contributed by atoms with Gasteiger partial charge in [-0.2, -0.15) is 0 Å². The van der Waals surface area contributed by atoms with Crippen LogP contribution in [-0.2, 0) is 0 Å². The van der Waals surface area contributed by atoms with Gasteiger partial charge in [-0.3, -0.25) is 0 Å². The van der Waals surface area contributed by atoms with Gasteiger partial charge in [-0.1, -0.05) is 76.6 Å². The van der Waals surface area contributed by atoms with Gasteiger partial charge in [0.25, 0.3) is 0 Å². The Kier molecular flexibility index (Phi) is 7.49. The van der Waals surface area contributed by atoms with Crippen LogP contribution in [0.5, 0.6) is 0 Å². The molecule has 3 rings (SSSR count). The van der Waals surface area contributed by atoms with Crippen LogP contribution in [0.1, 0.15) is 79.6 Å². The molecule has 3 heteroatoms. The number of rotatable bonds is 5. The summed E-state index contributed by atoms with van der Waals surface area (Å²) in [5, 5.41) is 18.2. The summed E-state index contributed by atoms with van der Waals surface area (Å²) in [5.41, 5.74) is 5.17. The van der Waals surface area contributed by atoms with Gasteiger partial charge in [-0.15, -0.1) is 0 Å². The third-order valence-corrected chi connectivity index (χ3v) is 7.95. The Morgan fingerprint density at radius 3 is 2.78 bits per heavy atom. The molecule has 2 saturated carbocycles. The molecule has 32 heavy (non-hydrogen) atoms. The zero-order chi connectivity index (χ0) is 23.7. The van der Waals surface area contributed by atoms with Crippen LogP contribution >= 0.6 is 0 Å². The van der Waals surface area contributed by atoms with Crippen molar-refractivity contribution in [3.8, 4) is 0 Å². The third-order valence-electron chi connectivity index (χ3n) is 7.95. The lowest BCUT2D eigenvalue weighted by atomic mass is 9.62. The fourth-order valence-electron chi connectivity index (χ4n) is 5.82. The smallest absolute Gasteiger partial charge is 0.127 e. The quantitative estimate of drug-likeness (QED) is 0.335. The molecular formula is C29H42FNO. The van der Waals surface area contributed by atoms with Crippen molar-refractivity contribution >= 4 is 5.71 Å². The predicted octanol–water partition coefficient (Wildman–Crippen LogP) is 7.67. The summed E-state index contributed by atoms with van der Waals surface area (Å²) in [6.45, 7) is 14.9. The molecule has 0 unspecified atom stereocenters. The van der Waals surface area contributed by atoms with Gasteiger partial charge in [0.1, 0.15) is 6.17 Å². The highest BCUT2D eigenvalue weighted by Gasteiger charge is 2.45. The molecule has 0 heterocycles. The van der Waals surface area contributed by atoms with Gasteiger partial charge < -0.3 is 10.5 Å². The lowest BCUT2D eigenvalue weighted by Gasteiger charge is -2.42. The fraction of sp³-hybridized carbons (Fsp3) is 0.621. The van der Waals surface area contributed by atoms with Gasteiger partial charge in [0.2, 0.25) is 0 Å². The SMILES string of the molecule is C=C1/C(=C\C=C2/CCC[C@]3(C)C([C@H](C)C/C=C/C(=N)C(C)(C)C)=CC[C@@H]23)C[C@@H](O)C[C@@H]1F. The van der Waals surface area contributed by atoms with E-state index in [1.54, 1.807) is 5.57 Å². The van der Waals surface area contributed by atoms with Gasteiger partial charge in [-0.25, -0.2) is 4.39 Å². The minimum absolute atomic E-state index is 0.108. The number of alkyl halides is 1. The molecule has 2 fully saturated rings. The predicted molar refractivity (Wildman–Crippen MR) is 134 cm³/mol. The van der Waals surface area contributed by atoms with Crippen LogP contribution < -0.4 is 0 Å². The van der Waals surface area contributed by atoms with Gasteiger partial charge in [0, 0.05) is 17.5 Å². The maximum absolute atomic E-state index is 14.1. The largest absolute Gasteiger partial charge is 0.393 e. The summed E-state index contributed by atoms with van der Waals surface area (Å²) in [7, 11) is 0. The van der Waals surface area contributed by atoms with Crippen LogP contribution in [0.15, 0.2) is 59.3 Å². The van der Waals surface area contributed by atoms with Crippen LogP contribution in [0, 0.1) is 28.1 Å². The van der Waals surface area contributed by atoms with Crippen LogP contribution in [0.25, 0.3) is 0 Å². The molecule has 0 radical (unpaired) electrons. The Balaban J connectivity index is 1.72. The summed E-state index contributed by atoms with van der Waals surface area (Å²) >= 11 is 0. The number of hydrogen-bond acceptors (Lipinski definition) is 2. The second-order valence-corrected chi connectivity index (χ2v) is 11.4. The van der Waals surface area contributed by atoms with Crippen LogP contribution in [0.3, 0.4) is 0 Å². The summed E-state index contributed by atoms with van der Waals surface area (Å²) in [6.07, 6.45) is 15.3. The molecule has 0 saturated heterocycles. The molecule has 0 spiro atoms. The highest BCUT2D eigenvalue weighted by Crippen LogP contribution is 2.57. The van der Waals surface area contributed by atoms with Crippen molar-refractivity contribution < 1.29 is 9.50 Å². The van der Waals surface area contributed by atoms with E-state index in [1.165, 1.54) is 18.4 Å². The second-order valence-electron chi connectivity index (χ2n) is 11.4. The van der Waals surface area contributed by atoms with Gasteiger partial charge in [0.05, 0.1) is 6.10 Å². The molecule has 0 amide bonds. The number of allylic oxidation sites excluding steroid dienone is 8. The van der Waals surface area contributed by atoms with Crippen molar-refractivity contribution in [2.45, 2.75) is 91.8 Å². The van der Waals surface area contributed by atoms with Crippen LogP contribution in [-0.4, -0.2) is 23.1 Å². The topological polar surface area (TPSA) is 44.1 Å².